The van der Waals surface area contributed by atoms with E-state index in [0.717, 1.165) is 37.5 Å². The molecule has 0 spiro atoms. The molecule has 0 saturated carbocycles. The Balaban J connectivity index is 1.57. The summed E-state index contributed by atoms with van der Waals surface area (Å²) in [6.07, 6.45) is -0.466. The van der Waals surface area contributed by atoms with Gasteiger partial charge in [0.05, 0.1) is 0 Å². The van der Waals surface area contributed by atoms with Gasteiger partial charge in [0.1, 0.15) is 5.75 Å². The maximum Gasteiger partial charge on any atom is 0.263 e. The number of nitrogens with zero attached hydrogens (tertiary/aromatic N) is 2. The molecule has 0 aromatic heterocycles. The van der Waals surface area contributed by atoms with Crippen LogP contribution >= 0.6 is 0 Å². The third-order valence-corrected chi connectivity index (χ3v) is 4.70. The molecule has 1 saturated heterocycles. The second-order valence-electron chi connectivity index (χ2n) is 6.68. The molecule has 1 atom stereocenters. The summed E-state index contributed by atoms with van der Waals surface area (Å²) < 4.78 is 5.84. The number of rotatable bonds is 4. The maximum atomic E-state index is 12.7. The Hall–Kier alpha value is -2.49. The molecule has 25 heavy (non-hydrogen) atoms. The van der Waals surface area contributed by atoms with Crippen LogP contribution in [-0.2, 0) is 4.79 Å². The number of carbonyl (C=O) groups excluding carboxylic acids is 1. The summed E-state index contributed by atoms with van der Waals surface area (Å²) in [6, 6.07) is 16.2. The summed E-state index contributed by atoms with van der Waals surface area (Å²) >= 11 is 0. The molecule has 1 aliphatic rings. The maximum absolute atomic E-state index is 12.7. The highest BCUT2D eigenvalue weighted by molar-refractivity contribution is 5.81. The molecular weight excluding hydrogens is 312 g/mol. The number of benzene rings is 2. The third kappa shape index (κ3) is 4.13. The van der Waals surface area contributed by atoms with Gasteiger partial charge in [0.25, 0.3) is 5.91 Å². The second-order valence-corrected chi connectivity index (χ2v) is 6.68. The van der Waals surface area contributed by atoms with Crippen molar-refractivity contribution in [3.05, 3.63) is 59.7 Å². The zero-order valence-electron chi connectivity index (χ0n) is 15.2. The zero-order valence-corrected chi connectivity index (χ0v) is 15.2. The summed E-state index contributed by atoms with van der Waals surface area (Å²) in [7, 11) is 0. The van der Waals surface area contributed by atoms with Gasteiger partial charge < -0.3 is 14.5 Å². The molecule has 0 N–H and O–H groups in total. The first-order valence-corrected chi connectivity index (χ1v) is 8.87. The van der Waals surface area contributed by atoms with E-state index in [0.29, 0.717) is 0 Å². The molecule has 0 radical (unpaired) electrons. The zero-order chi connectivity index (χ0) is 17.8. The average Bonchev–Trinajstić information content (AvgIpc) is 2.62. The van der Waals surface area contributed by atoms with E-state index in [4.69, 9.17) is 4.74 Å². The molecular formula is C21H26N2O2. The van der Waals surface area contributed by atoms with Crippen LogP contribution in [0, 0.1) is 13.8 Å². The first-order valence-electron chi connectivity index (χ1n) is 8.87. The van der Waals surface area contributed by atoms with Gasteiger partial charge in [-0.1, -0.05) is 30.3 Å². The van der Waals surface area contributed by atoms with Crippen molar-refractivity contribution in [1.82, 2.24) is 4.90 Å². The van der Waals surface area contributed by atoms with Gasteiger partial charge in [-0.05, 0) is 50.1 Å². The Kier molecular flexibility index (Phi) is 5.27. The Morgan fingerprint density at radius 1 is 1.00 bits per heavy atom. The smallest absolute Gasteiger partial charge is 0.263 e. The first kappa shape index (κ1) is 17.3. The number of carbonyl (C=O) groups is 1. The van der Waals surface area contributed by atoms with Gasteiger partial charge >= 0.3 is 0 Å². The van der Waals surface area contributed by atoms with Crippen molar-refractivity contribution in [3.8, 4) is 5.75 Å². The molecule has 1 unspecified atom stereocenters. The van der Waals surface area contributed by atoms with E-state index < -0.39 is 6.10 Å². The Morgan fingerprint density at radius 3 is 2.40 bits per heavy atom. The van der Waals surface area contributed by atoms with Crippen LogP contribution in [0.2, 0.25) is 0 Å². The summed E-state index contributed by atoms with van der Waals surface area (Å²) in [4.78, 5) is 16.9. The summed E-state index contributed by atoms with van der Waals surface area (Å²) in [5, 5.41) is 0. The molecule has 1 fully saturated rings. The summed E-state index contributed by atoms with van der Waals surface area (Å²) in [5.74, 6) is 0.810. The van der Waals surface area contributed by atoms with Crippen molar-refractivity contribution in [3.63, 3.8) is 0 Å². The molecule has 1 amide bonds. The highest BCUT2D eigenvalue weighted by Gasteiger charge is 2.26. The van der Waals surface area contributed by atoms with Crippen LogP contribution in [-0.4, -0.2) is 43.1 Å². The highest BCUT2D eigenvalue weighted by Crippen LogP contribution is 2.21. The minimum Gasteiger partial charge on any atom is -0.481 e. The van der Waals surface area contributed by atoms with Crippen LogP contribution in [0.5, 0.6) is 5.75 Å². The molecule has 1 aliphatic heterocycles. The summed E-state index contributed by atoms with van der Waals surface area (Å²) in [5.41, 5.74) is 3.67. The number of hydrogen-bond donors (Lipinski definition) is 0. The van der Waals surface area contributed by atoms with Gasteiger partial charge in [-0.3, -0.25) is 4.79 Å². The van der Waals surface area contributed by atoms with E-state index in [1.807, 2.05) is 43.0 Å². The number of piperazine rings is 1. The van der Waals surface area contributed by atoms with Crippen molar-refractivity contribution in [2.45, 2.75) is 26.9 Å². The SMILES string of the molecule is Cc1cccc(OC(C)C(=O)N2CCN(c3ccccc3C)CC2)c1. The van der Waals surface area contributed by atoms with Gasteiger partial charge in [0.15, 0.2) is 6.10 Å². The van der Waals surface area contributed by atoms with Crippen LogP contribution in [0.1, 0.15) is 18.1 Å². The van der Waals surface area contributed by atoms with Crippen LogP contribution < -0.4 is 9.64 Å². The molecule has 0 aliphatic carbocycles. The lowest BCUT2D eigenvalue weighted by Crippen LogP contribution is -2.52. The largest absolute Gasteiger partial charge is 0.481 e. The van der Waals surface area contributed by atoms with Crippen LogP contribution in [0.4, 0.5) is 5.69 Å². The number of ether oxygens (including phenoxy) is 1. The number of amides is 1. The van der Waals surface area contributed by atoms with Crippen LogP contribution in [0.3, 0.4) is 0 Å². The monoisotopic (exact) mass is 338 g/mol. The Morgan fingerprint density at radius 2 is 1.72 bits per heavy atom. The standard InChI is InChI=1S/C21H26N2O2/c1-16-7-6-9-19(15-16)25-18(3)21(24)23-13-11-22(12-14-23)20-10-5-4-8-17(20)2/h4-10,15,18H,11-14H2,1-3H3. The molecule has 0 bridgehead atoms. The average molecular weight is 338 g/mol. The molecule has 132 valence electrons. The lowest BCUT2D eigenvalue weighted by atomic mass is 10.1. The molecule has 3 rings (SSSR count). The van der Waals surface area contributed by atoms with E-state index in [9.17, 15) is 4.79 Å². The lowest BCUT2D eigenvalue weighted by molar-refractivity contribution is -0.138. The lowest BCUT2D eigenvalue weighted by Gasteiger charge is -2.37. The van der Waals surface area contributed by atoms with Crippen molar-refractivity contribution in [2.75, 3.05) is 31.1 Å². The van der Waals surface area contributed by atoms with Crippen molar-refractivity contribution >= 4 is 11.6 Å². The molecule has 4 heteroatoms. The van der Waals surface area contributed by atoms with Gasteiger partial charge in [-0.15, -0.1) is 0 Å². The number of hydrogen-bond acceptors (Lipinski definition) is 3. The minimum absolute atomic E-state index is 0.0611. The molecule has 1 heterocycles. The Labute approximate surface area is 150 Å². The van der Waals surface area contributed by atoms with E-state index in [1.165, 1.54) is 11.3 Å². The predicted molar refractivity (Wildman–Crippen MR) is 101 cm³/mol. The third-order valence-electron chi connectivity index (χ3n) is 4.70. The first-order chi connectivity index (χ1) is 12.0. The molecule has 2 aromatic carbocycles. The van der Waals surface area contributed by atoms with Gasteiger partial charge in [-0.25, -0.2) is 0 Å². The fourth-order valence-electron chi connectivity index (χ4n) is 3.29. The van der Waals surface area contributed by atoms with Crippen LogP contribution in [0.15, 0.2) is 48.5 Å². The summed E-state index contributed by atoms with van der Waals surface area (Å²) in [6.45, 7) is 9.15. The topological polar surface area (TPSA) is 32.8 Å². The van der Waals surface area contributed by atoms with Crippen molar-refractivity contribution in [1.29, 1.82) is 0 Å². The molecule has 4 nitrogen and oxygen atoms in total. The van der Waals surface area contributed by atoms with Gasteiger partial charge in [0, 0.05) is 31.9 Å². The minimum atomic E-state index is -0.466. The van der Waals surface area contributed by atoms with Crippen molar-refractivity contribution in [2.24, 2.45) is 0 Å². The number of anilines is 1. The highest BCUT2D eigenvalue weighted by atomic mass is 16.5. The fourth-order valence-corrected chi connectivity index (χ4v) is 3.29. The second kappa shape index (κ2) is 7.60. The van der Waals surface area contributed by atoms with E-state index in [-0.39, 0.29) is 5.91 Å². The number of aryl methyl sites for hydroxylation is 2. The van der Waals surface area contributed by atoms with Crippen LogP contribution in [0.25, 0.3) is 0 Å². The normalized spacial score (nSPS) is 15.8. The Bertz CT molecular complexity index is 736. The van der Waals surface area contributed by atoms with E-state index in [1.54, 1.807) is 0 Å². The van der Waals surface area contributed by atoms with E-state index >= 15 is 0 Å². The van der Waals surface area contributed by atoms with E-state index in [2.05, 4.69) is 36.1 Å². The predicted octanol–water partition coefficient (Wildman–Crippen LogP) is 3.42. The van der Waals surface area contributed by atoms with Crippen molar-refractivity contribution < 1.29 is 9.53 Å². The quantitative estimate of drug-likeness (QED) is 0.856. The molecule has 2 aromatic rings. The number of para-hydroxylation sites is 1. The fraction of sp³-hybridized carbons (Fsp3) is 0.381. The van der Waals surface area contributed by atoms with Gasteiger partial charge in [-0.2, -0.15) is 0 Å². The van der Waals surface area contributed by atoms with Gasteiger partial charge in [0.2, 0.25) is 0 Å².